The molecule has 0 saturated carbocycles. The van der Waals surface area contributed by atoms with Gasteiger partial charge < -0.3 is 14.6 Å². The van der Waals surface area contributed by atoms with E-state index in [4.69, 9.17) is 4.42 Å². The average Bonchev–Trinajstić information content (AvgIpc) is 3.36. The van der Waals surface area contributed by atoms with Crippen molar-refractivity contribution in [2.24, 2.45) is 0 Å². The van der Waals surface area contributed by atoms with Gasteiger partial charge in [-0.3, -0.25) is 14.3 Å². The number of aryl methyl sites for hydroxylation is 1. The van der Waals surface area contributed by atoms with Crippen LogP contribution in [0.2, 0.25) is 0 Å². The van der Waals surface area contributed by atoms with Gasteiger partial charge in [-0.2, -0.15) is 0 Å². The van der Waals surface area contributed by atoms with Crippen LogP contribution in [-0.4, -0.2) is 44.3 Å². The molecule has 1 aromatic heterocycles. The number of piperidine rings is 1. The predicted octanol–water partition coefficient (Wildman–Crippen LogP) is 3.42. The highest BCUT2D eigenvalue weighted by Gasteiger charge is 2.26. The summed E-state index contributed by atoms with van der Waals surface area (Å²) in [6.07, 6.45) is 2.73. The first-order valence-corrected chi connectivity index (χ1v) is 12.1. The number of hydrogen-bond donors (Lipinski definition) is 2. The molecular formula is C24H25N3O5S. The molecule has 1 fully saturated rings. The molecule has 0 atom stereocenters. The van der Waals surface area contributed by atoms with Crippen LogP contribution >= 0.6 is 0 Å². The molecule has 8 nitrogen and oxygen atoms in total. The van der Waals surface area contributed by atoms with Crippen molar-refractivity contribution in [3.05, 3.63) is 83.8 Å². The first kappa shape index (κ1) is 22.6. The fraction of sp³-hybridized carbons (Fsp3) is 0.250. The van der Waals surface area contributed by atoms with Gasteiger partial charge in [-0.05, 0) is 68.3 Å². The predicted molar refractivity (Wildman–Crippen MR) is 124 cm³/mol. The van der Waals surface area contributed by atoms with Gasteiger partial charge in [-0.15, -0.1) is 0 Å². The smallest absolute Gasteiger partial charge is 0.289 e. The zero-order valence-electron chi connectivity index (χ0n) is 18.2. The molecule has 33 heavy (non-hydrogen) atoms. The Labute approximate surface area is 192 Å². The molecular weight excluding hydrogens is 442 g/mol. The lowest BCUT2D eigenvalue weighted by Gasteiger charge is -2.31. The molecule has 3 aromatic rings. The standard InChI is InChI=1S/C24H25N3O5S/c1-17-4-8-20(9-5-17)26-33(30,31)21-10-6-18(7-11-21)23(28)25-19-12-14-27(15-13-19)24(29)22-3-2-16-32-22/h2-11,16,19,26H,12-15H2,1H3,(H,25,28). The molecule has 2 heterocycles. The van der Waals surface area contributed by atoms with E-state index < -0.39 is 10.0 Å². The minimum atomic E-state index is -3.76. The van der Waals surface area contributed by atoms with Crippen molar-refractivity contribution in [1.29, 1.82) is 0 Å². The molecule has 0 radical (unpaired) electrons. The maximum absolute atomic E-state index is 12.6. The van der Waals surface area contributed by atoms with Crippen molar-refractivity contribution in [2.45, 2.75) is 30.7 Å². The first-order valence-electron chi connectivity index (χ1n) is 10.6. The Balaban J connectivity index is 1.32. The molecule has 0 spiro atoms. The van der Waals surface area contributed by atoms with Gasteiger partial charge in [0.25, 0.3) is 21.8 Å². The molecule has 172 valence electrons. The summed E-state index contributed by atoms with van der Waals surface area (Å²) in [5.41, 5.74) is 1.88. The number of nitrogens with zero attached hydrogens (tertiary/aromatic N) is 1. The Morgan fingerprint density at radius 1 is 0.970 bits per heavy atom. The van der Waals surface area contributed by atoms with Crippen LogP contribution in [0.4, 0.5) is 5.69 Å². The van der Waals surface area contributed by atoms with Crippen LogP contribution in [0.25, 0.3) is 0 Å². The fourth-order valence-electron chi connectivity index (χ4n) is 3.67. The molecule has 2 N–H and O–H groups in total. The Morgan fingerprint density at radius 3 is 2.24 bits per heavy atom. The number of benzene rings is 2. The summed E-state index contributed by atoms with van der Waals surface area (Å²) in [6, 6.07) is 16.1. The Hall–Kier alpha value is -3.59. The molecule has 1 aliphatic rings. The number of hydrogen-bond acceptors (Lipinski definition) is 5. The number of carbonyl (C=O) groups is 2. The van der Waals surface area contributed by atoms with Crippen LogP contribution < -0.4 is 10.0 Å². The third-order valence-corrected chi connectivity index (χ3v) is 6.98. The zero-order chi connectivity index (χ0) is 23.4. The van der Waals surface area contributed by atoms with E-state index in [0.29, 0.717) is 42.9 Å². The van der Waals surface area contributed by atoms with Gasteiger partial charge in [0, 0.05) is 30.4 Å². The summed E-state index contributed by atoms with van der Waals surface area (Å²) >= 11 is 0. The van der Waals surface area contributed by atoms with E-state index in [2.05, 4.69) is 10.0 Å². The number of anilines is 1. The number of nitrogens with one attached hydrogen (secondary N) is 2. The SMILES string of the molecule is Cc1ccc(NS(=O)(=O)c2ccc(C(=O)NC3CCN(C(=O)c4ccco4)CC3)cc2)cc1. The van der Waals surface area contributed by atoms with Gasteiger partial charge in [-0.1, -0.05) is 17.7 Å². The van der Waals surface area contributed by atoms with E-state index in [-0.39, 0.29) is 22.8 Å². The Morgan fingerprint density at radius 2 is 1.64 bits per heavy atom. The van der Waals surface area contributed by atoms with Crippen molar-refractivity contribution >= 4 is 27.5 Å². The van der Waals surface area contributed by atoms with Crippen LogP contribution in [0.5, 0.6) is 0 Å². The monoisotopic (exact) mass is 467 g/mol. The molecule has 0 unspecified atom stereocenters. The lowest BCUT2D eigenvalue weighted by atomic mass is 10.0. The molecule has 0 aliphatic carbocycles. The summed E-state index contributed by atoms with van der Waals surface area (Å²) < 4.78 is 32.9. The highest BCUT2D eigenvalue weighted by Crippen LogP contribution is 2.18. The maximum atomic E-state index is 12.6. The molecule has 0 bridgehead atoms. The van der Waals surface area contributed by atoms with Crippen LogP contribution in [0.3, 0.4) is 0 Å². The second-order valence-corrected chi connectivity index (χ2v) is 9.70. The van der Waals surface area contributed by atoms with E-state index in [1.807, 2.05) is 19.1 Å². The van der Waals surface area contributed by atoms with E-state index >= 15 is 0 Å². The van der Waals surface area contributed by atoms with Gasteiger partial charge in [0.1, 0.15) is 0 Å². The number of likely N-dealkylation sites (tertiary alicyclic amines) is 1. The topological polar surface area (TPSA) is 109 Å². The molecule has 2 aromatic carbocycles. The summed E-state index contributed by atoms with van der Waals surface area (Å²) in [6.45, 7) is 2.96. The summed E-state index contributed by atoms with van der Waals surface area (Å²) in [5, 5.41) is 2.97. The minimum absolute atomic E-state index is 0.0650. The van der Waals surface area contributed by atoms with Gasteiger partial charge in [0.05, 0.1) is 11.2 Å². The van der Waals surface area contributed by atoms with Gasteiger partial charge in [0.2, 0.25) is 0 Å². The van der Waals surface area contributed by atoms with E-state index in [1.165, 1.54) is 30.5 Å². The number of furan rings is 1. The lowest BCUT2D eigenvalue weighted by Crippen LogP contribution is -2.46. The lowest BCUT2D eigenvalue weighted by molar-refractivity contribution is 0.0667. The Kier molecular flexibility index (Phi) is 6.50. The number of sulfonamides is 1. The molecule has 9 heteroatoms. The molecule has 2 amide bonds. The van der Waals surface area contributed by atoms with Crippen LogP contribution in [0.1, 0.15) is 39.3 Å². The number of carbonyl (C=O) groups excluding carboxylic acids is 2. The van der Waals surface area contributed by atoms with Crippen LogP contribution in [-0.2, 0) is 10.0 Å². The molecule has 1 aliphatic heterocycles. The summed E-state index contributed by atoms with van der Waals surface area (Å²) in [5.74, 6) is -0.119. The van der Waals surface area contributed by atoms with E-state index in [1.54, 1.807) is 29.2 Å². The van der Waals surface area contributed by atoms with Gasteiger partial charge in [0.15, 0.2) is 5.76 Å². The maximum Gasteiger partial charge on any atom is 0.289 e. The van der Waals surface area contributed by atoms with Crippen molar-refractivity contribution < 1.29 is 22.4 Å². The highest BCUT2D eigenvalue weighted by atomic mass is 32.2. The van der Waals surface area contributed by atoms with Crippen molar-refractivity contribution in [1.82, 2.24) is 10.2 Å². The van der Waals surface area contributed by atoms with Crippen molar-refractivity contribution in [3.8, 4) is 0 Å². The van der Waals surface area contributed by atoms with Crippen molar-refractivity contribution in [2.75, 3.05) is 17.8 Å². The third kappa shape index (κ3) is 5.43. The van der Waals surface area contributed by atoms with Crippen molar-refractivity contribution in [3.63, 3.8) is 0 Å². The quantitative estimate of drug-likeness (QED) is 0.577. The third-order valence-electron chi connectivity index (χ3n) is 5.58. The largest absolute Gasteiger partial charge is 0.459 e. The first-order chi connectivity index (χ1) is 15.8. The van der Waals surface area contributed by atoms with Crippen LogP contribution in [0.15, 0.2) is 76.2 Å². The second-order valence-electron chi connectivity index (χ2n) is 8.01. The highest BCUT2D eigenvalue weighted by molar-refractivity contribution is 7.92. The Bertz CT molecular complexity index is 1210. The van der Waals surface area contributed by atoms with E-state index in [0.717, 1.165) is 5.56 Å². The normalized spacial score (nSPS) is 14.6. The zero-order valence-corrected chi connectivity index (χ0v) is 19.0. The van der Waals surface area contributed by atoms with Gasteiger partial charge in [-0.25, -0.2) is 8.42 Å². The van der Waals surface area contributed by atoms with Crippen LogP contribution in [0, 0.1) is 6.92 Å². The average molecular weight is 468 g/mol. The minimum Gasteiger partial charge on any atom is -0.459 e. The summed E-state index contributed by atoms with van der Waals surface area (Å²) in [4.78, 5) is 26.8. The fourth-order valence-corrected chi connectivity index (χ4v) is 4.73. The second kappa shape index (κ2) is 9.50. The number of rotatable bonds is 6. The van der Waals surface area contributed by atoms with Gasteiger partial charge >= 0.3 is 0 Å². The summed E-state index contributed by atoms with van der Waals surface area (Å²) in [7, 11) is -3.76. The number of amides is 2. The molecule has 4 rings (SSSR count). The molecule has 1 saturated heterocycles. The van der Waals surface area contributed by atoms with E-state index in [9.17, 15) is 18.0 Å².